The van der Waals surface area contributed by atoms with Gasteiger partial charge in [-0.05, 0) is 22.6 Å². The third-order valence-corrected chi connectivity index (χ3v) is 4.04. The highest BCUT2D eigenvalue weighted by Gasteiger charge is 2.24. The summed E-state index contributed by atoms with van der Waals surface area (Å²) < 4.78 is 12.0. The summed E-state index contributed by atoms with van der Waals surface area (Å²) in [4.78, 5) is 0. The van der Waals surface area contributed by atoms with Gasteiger partial charge in [0.25, 0.3) is 0 Å². The van der Waals surface area contributed by atoms with Gasteiger partial charge in [0.2, 0.25) is 0 Å². The Labute approximate surface area is 126 Å². The predicted octanol–water partition coefficient (Wildman–Crippen LogP) is 4.64. The summed E-state index contributed by atoms with van der Waals surface area (Å²) in [6, 6.07) is 19.0. The molecule has 1 saturated heterocycles. The van der Waals surface area contributed by atoms with Crippen LogP contribution in [0.4, 0.5) is 0 Å². The molecule has 0 N–H and O–H groups in total. The maximum atomic E-state index is 6.01. The van der Waals surface area contributed by atoms with E-state index >= 15 is 0 Å². The van der Waals surface area contributed by atoms with Crippen LogP contribution in [0.15, 0.2) is 54.6 Å². The molecule has 1 heterocycles. The Morgan fingerprint density at radius 3 is 1.76 bits per heavy atom. The van der Waals surface area contributed by atoms with Gasteiger partial charge in [-0.1, -0.05) is 68.4 Å². The first-order valence-corrected chi connectivity index (χ1v) is 7.62. The van der Waals surface area contributed by atoms with Crippen LogP contribution in [0, 0.1) is 0 Å². The van der Waals surface area contributed by atoms with E-state index in [2.05, 4.69) is 50.2 Å². The summed E-state index contributed by atoms with van der Waals surface area (Å²) in [5, 5.41) is 0. The number of ether oxygens (including phenoxy) is 2. The van der Waals surface area contributed by atoms with Gasteiger partial charge in [-0.15, -0.1) is 0 Å². The van der Waals surface area contributed by atoms with Crippen molar-refractivity contribution in [3.63, 3.8) is 0 Å². The summed E-state index contributed by atoms with van der Waals surface area (Å²) in [7, 11) is 0. The minimum Gasteiger partial charge on any atom is -0.368 e. The molecule has 2 atom stereocenters. The van der Waals surface area contributed by atoms with Crippen molar-refractivity contribution in [1.82, 2.24) is 0 Å². The number of rotatable bonds is 3. The van der Waals surface area contributed by atoms with Gasteiger partial charge in [0.05, 0.1) is 13.2 Å². The lowest BCUT2D eigenvalue weighted by Crippen LogP contribution is -2.25. The molecule has 2 aromatic rings. The molecule has 0 aliphatic carbocycles. The first-order valence-electron chi connectivity index (χ1n) is 7.62. The molecular formula is C19H22O2. The molecule has 0 bridgehead atoms. The topological polar surface area (TPSA) is 18.5 Å². The van der Waals surface area contributed by atoms with Crippen molar-refractivity contribution >= 4 is 0 Å². The molecule has 1 fully saturated rings. The SMILES string of the molecule is CC(C)c1ccc(C2COC(c3ccccc3)CO2)cc1. The highest BCUT2D eigenvalue weighted by atomic mass is 16.6. The zero-order chi connectivity index (χ0) is 14.7. The number of benzene rings is 2. The van der Waals surface area contributed by atoms with E-state index < -0.39 is 0 Å². The Balaban J connectivity index is 1.63. The van der Waals surface area contributed by atoms with Crippen LogP contribution in [0.5, 0.6) is 0 Å². The molecule has 2 unspecified atom stereocenters. The molecule has 0 aromatic heterocycles. The summed E-state index contributed by atoms with van der Waals surface area (Å²) in [6.07, 6.45) is 0.101. The molecule has 0 radical (unpaired) electrons. The summed E-state index contributed by atoms with van der Waals surface area (Å²) in [5.74, 6) is 0.560. The van der Waals surface area contributed by atoms with Crippen LogP contribution >= 0.6 is 0 Å². The lowest BCUT2D eigenvalue weighted by Gasteiger charge is -2.30. The first kappa shape index (κ1) is 14.3. The Kier molecular flexibility index (Phi) is 4.37. The third kappa shape index (κ3) is 3.34. The highest BCUT2D eigenvalue weighted by Crippen LogP contribution is 2.30. The fourth-order valence-corrected chi connectivity index (χ4v) is 2.65. The van der Waals surface area contributed by atoms with Crippen molar-refractivity contribution in [2.45, 2.75) is 32.0 Å². The van der Waals surface area contributed by atoms with E-state index in [-0.39, 0.29) is 12.2 Å². The Bertz CT molecular complexity index is 552. The van der Waals surface area contributed by atoms with E-state index in [1.54, 1.807) is 0 Å². The summed E-state index contributed by atoms with van der Waals surface area (Å²) >= 11 is 0. The second-order valence-electron chi connectivity index (χ2n) is 5.88. The van der Waals surface area contributed by atoms with Gasteiger partial charge in [0.15, 0.2) is 0 Å². The van der Waals surface area contributed by atoms with Crippen LogP contribution in [-0.2, 0) is 9.47 Å². The predicted molar refractivity (Wildman–Crippen MR) is 84.4 cm³/mol. The third-order valence-electron chi connectivity index (χ3n) is 4.04. The van der Waals surface area contributed by atoms with E-state index in [0.717, 1.165) is 0 Å². The lowest BCUT2D eigenvalue weighted by molar-refractivity contribution is -0.137. The molecule has 2 heteroatoms. The fraction of sp³-hybridized carbons (Fsp3) is 0.368. The van der Waals surface area contributed by atoms with Gasteiger partial charge < -0.3 is 9.47 Å². The zero-order valence-electron chi connectivity index (χ0n) is 12.7. The minimum absolute atomic E-state index is 0.0474. The van der Waals surface area contributed by atoms with Crippen LogP contribution in [0.2, 0.25) is 0 Å². The van der Waals surface area contributed by atoms with E-state index in [1.807, 2.05) is 18.2 Å². The first-order chi connectivity index (χ1) is 10.2. The average Bonchev–Trinajstić information content (AvgIpc) is 2.56. The van der Waals surface area contributed by atoms with Crippen molar-refractivity contribution in [2.75, 3.05) is 13.2 Å². The molecule has 2 aromatic carbocycles. The molecule has 0 spiro atoms. The van der Waals surface area contributed by atoms with E-state index in [0.29, 0.717) is 19.1 Å². The quantitative estimate of drug-likeness (QED) is 0.816. The molecule has 1 aliphatic heterocycles. The van der Waals surface area contributed by atoms with Gasteiger partial charge >= 0.3 is 0 Å². The van der Waals surface area contributed by atoms with Gasteiger partial charge in [-0.25, -0.2) is 0 Å². The molecule has 2 nitrogen and oxygen atoms in total. The van der Waals surface area contributed by atoms with Gasteiger partial charge in [-0.2, -0.15) is 0 Å². The standard InChI is InChI=1S/C19H22O2/c1-14(2)15-8-10-17(11-9-15)19-13-20-18(12-21-19)16-6-4-3-5-7-16/h3-11,14,18-19H,12-13H2,1-2H3. The van der Waals surface area contributed by atoms with Crippen molar-refractivity contribution < 1.29 is 9.47 Å². The molecule has 110 valence electrons. The van der Waals surface area contributed by atoms with Crippen molar-refractivity contribution in [2.24, 2.45) is 0 Å². The van der Waals surface area contributed by atoms with Crippen molar-refractivity contribution in [1.29, 1.82) is 0 Å². The smallest absolute Gasteiger partial charge is 0.106 e. The maximum Gasteiger partial charge on any atom is 0.106 e. The molecule has 0 amide bonds. The second kappa shape index (κ2) is 6.42. The van der Waals surface area contributed by atoms with Crippen molar-refractivity contribution in [3.05, 3.63) is 71.3 Å². The van der Waals surface area contributed by atoms with Crippen LogP contribution < -0.4 is 0 Å². The van der Waals surface area contributed by atoms with Gasteiger partial charge in [-0.3, -0.25) is 0 Å². The van der Waals surface area contributed by atoms with Crippen molar-refractivity contribution in [3.8, 4) is 0 Å². The average molecular weight is 282 g/mol. The second-order valence-corrected chi connectivity index (χ2v) is 5.88. The Morgan fingerprint density at radius 1 is 0.762 bits per heavy atom. The molecule has 21 heavy (non-hydrogen) atoms. The normalized spacial score (nSPS) is 22.4. The Morgan fingerprint density at radius 2 is 1.29 bits per heavy atom. The Hall–Kier alpha value is -1.64. The van der Waals surface area contributed by atoms with E-state index in [4.69, 9.17) is 9.47 Å². The molecule has 3 rings (SSSR count). The zero-order valence-corrected chi connectivity index (χ0v) is 12.7. The van der Waals surface area contributed by atoms with Crippen LogP contribution in [0.25, 0.3) is 0 Å². The van der Waals surface area contributed by atoms with Crippen LogP contribution in [0.3, 0.4) is 0 Å². The van der Waals surface area contributed by atoms with Crippen LogP contribution in [-0.4, -0.2) is 13.2 Å². The maximum absolute atomic E-state index is 6.01. The summed E-state index contributed by atoms with van der Waals surface area (Å²) in [6.45, 7) is 5.64. The van der Waals surface area contributed by atoms with E-state index in [1.165, 1.54) is 16.7 Å². The minimum atomic E-state index is 0.0474. The molecule has 0 saturated carbocycles. The van der Waals surface area contributed by atoms with Crippen LogP contribution in [0.1, 0.15) is 48.7 Å². The lowest BCUT2D eigenvalue weighted by atomic mass is 9.99. The molecular weight excluding hydrogens is 260 g/mol. The summed E-state index contributed by atoms with van der Waals surface area (Å²) in [5.41, 5.74) is 3.75. The number of hydrogen-bond donors (Lipinski definition) is 0. The van der Waals surface area contributed by atoms with Gasteiger partial charge in [0.1, 0.15) is 12.2 Å². The molecule has 1 aliphatic rings. The monoisotopic (exact) mass is 282 g/mol. The number of hydrogen-bond acceptors (Lipinski definition) is 2. The fourth-order valence-electron chi connectivity index (χ4n) is 2.65. The highest BCUT2D eigenvalue weighted by molar-refractivity contribution is 5.26. The van der Waals surface area contributed by atoms with Gasteiger partial charge in [0, 0.05) is 0 Å². The largest absolute Gasteiger partial charge is 0.368 e. The van der Waals surface area contributed by atoms with E-state index in [9.17, 15) is 0 Å².